The van der Waals surface area contributed by atoms with Gasteiger partial charge in [-0.05, 0) is 25.0 Å². The molecule has 2 aromatic rings. The van der Waals surface area contributed by atoms with Crippen molar-refractivity contribution < 1.29 is 0 Å². The second-order valence-corrected chi connectivity index (χ2v) is 4.51. The van der Waals surface area contributed by atoms with Crippen LogP contribution in [0.25, 0.3) is 0 Å². The van der Waals surface area contributed by atoms with Crippen molar-refractivity contribution in [1.29, 1.82) is 0 Å². The first-order valence-electron chi connectivity index (χ1n) is 5.67. The Kier molecular flexibility index (Phi) is 3.67. The first-order valence-corrected chi connectivity index (χ1v) is 6.05. The van der Waals surface area contributed by atoms with Gasteiger partial charge in [0, 0.05) is 0 Å². The lowest BCUT2D eigenvalue weighted by Gasteiger charge is -2.18. The summed E-state index contributed by atoms with van der Waals surface area (Å²) in [4.78, 5) is 7.93. The minimum Gasteiger partial charge on any atom is -0.393 e. The number of aromatic nitrogens is 2. The Morgan fingerprint density at radius 2 is 2.00 bits per heavy atom. The van der Waals surface area contributed by atoms with Gasteiger partial charge in [-0.15, -0.1) is 0 Å². The summed E-state index contributed by atoms with van der Waals surface area (Å²) in [6.45, 7) is 4.13. The normalized spacial score (nSPS) is 12.2. The zero-order valence-corrected chi connectivity index (χ0v) is 11.1. The zero-order valence-electron chi connectivity index (χ0n) is 10.3. The first-order chi connectivity index (χ1) is 8.59. The molecule has 1 aromatic carbocycles. The van der Waals surface area contributed by atoms with Crippen molar-refractivity contribution >= 4 is 23.1 Å². The molecule has 1 aromatic heterocycles. The van der Waals surface area contributed by atoms with Crippen LogP contribution in [0, 0.1) is 6.92 Å². The molecule has 0 aliphatic heterocycles. The fraction of sp³-hybridized carbons (Fsp3) is 0.231. The molecule has 18 heavy (non-hydrogen) atoms. The van der Waals surface area contributed by atoms with Crippen molar-refractivity contribution in [3.63, 3.8) is 0 Å². The van der Waals surface area contributed by atoms with Crippen molar-refractivity contribution in [3.05, 3.63) is 46.9 Å². The van der Waals surface area contributed by atoms with Crippen LogP contribution < -0.4 is 11.1 Å². The number of nitrogens with one attached hydrogen (secondary N) is 1. The predicted octanol–water partition coefficient (Wildman–Crippen LogP) is 3.19. The zero-order chi connectivity index (χ0) is 13.1. The fourth-order valence-corrected chi connectivity index (χ4v) is 1.98. The molecule has 0 spiro atoms. The Morgan fingerprint density at radius 1 is 1.28 bits per heavy atom. The van der Waals surface area contributed by atoms with E-state index in [0.717, 1.165) is 0 Å². The van der Waals surface area contributed by atoms with E-state index in [2.05, 4.69) is 41.3 Å². The molecule has 0 fully saturated rings. The molecule has 0 amide bonds. The molecule has 0 saturated carbocycles. The quantitative estimate of drug-likeness (QED) is 0.834. The van der Waals surface area contributed by atoms with Gasteiger partial charge in [0.25, 0.3) is 0 Å². The fourth-order valence-electron chi connectivity index (χ4n) is 1.84. The van der Waals surface area contributed by atoms with Crippen LogP contribution in [-0.4, -0.2) is 9.97 Å². The second-order valence-electron chi connectivity index (χ2n) is 4.15. The maximum Gasteiger partial charge on any atom is 0.157 e. The molecule has 0 aliphatic rings. The van der Waals surface area contributed by atoms with Crippen LogP contribution in [0.5, 0.6) is 0 Å². The van der Waals surface area contributed by atoms with Gasteiger partial charge in [0.05, 0.1) is 6.04 Å². The Hall–Kier alpha value is -1.81. The van der Waals surface area contributed by atoms with Gasteiger partial charge >= 0.3 is 0 Å². The standard InChI is InChI=1S/C13H15ClN4/c1-8-5-3-4-6-10(8)9(2)18-13-11(15)12(14)16-7-17-13/h3-7,9H,15H2,1-2H3,(H,16,17,18). The molecule has 1 atom stereocenters. The molecule has 3 N–H and O–H groups in total. The Balaban J connectivity index is 2.24. The van der Waals surface area contributed by atoms with Crippen LogP contribution in [0.1, 0.15) is 24.1 Å². The number of anilines is 2. The van der Waals surface area contributed by atoms with Crippen molar-refractivity contribution in [3.8, 4) is 0 Å². The number of nitrogens with zero attached hydrogens (tertiary/aromatic N) is 2. The molecule has 1 unspecified atom stereocenters. The largest absolute Gasteiger partial charge is 0.393 e. The van der Waals surface area contributed by atoms with Crippen LogP contribution in [0.2, 0.25) is 5.15 Å². The lowest BCUT2D eigenvalue weighted by molar-refractivity contribution is 0.863. The van der Waals surface area contributed by atoms with E-state index in [1.54, 1.807) is 0 Å². The van der Waals surface area contributed by atoms with Crippen molar-refractivity contribution in [2.75, 3.05) is 11.1 Å². The van der Waals surface area contributed by atoms with Gasteiger partial charge in [0.15, 0.2) is 11.0 Å². The third-order valence-electron chi connectivity index (χ3n) is 2.84. The molecule has 0 radical (unpaired) electrons. The van der Waals surface area contributed by atoms with Gasteiger partial charge in [-0.3, -0.25) is 0 Å². The van der Waals surface area contributed by atoms with Crippen LogP contribution in [-0.2, 0) is 0 Å². The number of hydrogen-bond acceptors (Lipinski definition) is 4. The summed E-state index contributed by atoms with van der Waals surface area (Å²) < 4.78 is 0. The van der Waals surface area contributed by atoms with E-state index in [1.165, 1.54) is 17.5 Å². The monoisotopic (exact) mass is 262 g/mol. The van der Waals surface area contributed by atoms with E-state index in [1.807, 2.05) is 12.1 Å². The maximum atomic E-state index is 5.86. The lowest BCUT2D eigenvalue weighted by atomic mass is 10.0. The summed E-state index contributed by atoms with van der Waals surface area (Å²) in [7, 11) is 0. The summed E-state index contributed by atoms with van der Waals surface area (Å²) in [5, 5.41) is 3.52. The SMILES string of the molecule is Cc1ccccc1C(C)Nc1ncnc(Cl)c1N. The molecule has 4 nitrogen and oxygen atoms in total. The van der Waals surface area contributed by atoms with Gasteiger partial charge in [-0.1, -0.05) is 35.9 Å². The smallest absolute Gasteiger partial charge is 0.157 e. The molecule has 2 rings (SSSR count). The highest BCUT2D eigenvalue weighted by Crippen LogP contribution is 2.27. The molecule has 0 aliphatic carbocycles. The van der Waals surface area contributed by atoms with Crippen molar-refractivity contribution in [2.45, 2.75) is 19.9 Å². The summed E-state index contributed by atoms with van der Waals surface area (Å²) in [6.07, 6.45) is 1.39. The van der Waals surface area contributed by atoms with Gasteiger partial charge in [-0.25, -0.2) is 9.97 Å². The Bertz CT molecular complexity index is 556. The van der Waals surface area contributed by atoms with E-state index in [-0.39, 0.29) is 11.2 Å². The highest BCUT2D eigenvalue weighted by Gasteiger charge is 2.11. The van der Waals surface area contributed by atoms with E-state index in [4.69, 9.17) is 17.3 Å². The molecule has 5 heteroatoms. The first kappa shape index (κ1) is 12.6. The third-order valence-corrected chi connectivity index (χ3v) is 3.14. The molecular weight excluding hydrogens is 248 g/mol. The number of nitrogen functional groups attached to an aromatic ring is 1. The van der Waals surface area contributed by atoms with E-state index in [9.17, 15) is 0 Å². The average Bonchev–Trinajstić information content (AvgIpc) is 2.35. The molecular formula is C13H15ClN4. The molecule has 0 bridgehead atoms. The third kappa shape index (κ3) is 2.54. The van der Waals surface area contributed by atoms with Gasteiger partial charge in [-0.2, -0.15) is 0 Å². The number of halogens is 1. The highest BCUT2D eigenvalue weighted by molar-refractivity contribution is 6.32. The van der Waals surface area contributed by atoms with Gasteiger partial charge in [0.1, 0.15) is 12.0 Å². The Morgan fingerprint density at radius 3 is 2.72 bits per heavy atom. The number of rotatable bonds is 3. The van der Waals surface area contributed by atoms with E-state index < -0.39 is 0 Å². The van der Waals surface area contributed by atoms with Crippen molar-refractivity contribution in [2.24, 2.45) is 0 Å². The molecule has 0 saturated heterocycles. The minimum atomic E-state index is 0.0967. The lowest BCUT2D eigenvalue weighted by Crippen LogP contribution is -2.11. The number of aryl methyl sites for hydroxylation is 1. The second kappa shape index (κ2) is 5.23. The summed E-state index contributed by atoms with van der Waals surface area (Å²) in [6, 6.07) is 8.27. The average molecular weight is 263 g/mol. The van der Waals surface area contributed by atoms with E-state index >= 15 is 0 Å². The maximum absolute atomic E-state index is 5.86. The summed E-state index contributed by atoms with van der Waals surface area (Å²) in [5.74, 6) is 0.561. The topological polar surface area (TPSA) is 63.8 Å². The highest BCUT2D eigenvalue weighted by atomic mass is 35.5. The van der Waals surface area contributed by atoms with Crippen LogP contribution in [0.4, 0.5) is 11.5 Å². The van der Waals surface area contributed by atoms with Crippen molar-refractivity contribution in [1.82, 2.24) is 9.97 Å². The van der Waals surface area contributed by atoms with Crippen LogP contribution in [0.3, 0.4) is 0 Å². The number of nitrogens with two attached hydrogens (primary N) is 1. The Labute approximate surface area is 111 Å². The number of benzene rings is 1. The summed E-state index contributed by atoms with van der Waals surface area (Å²) >= 11 is 5.86. The minimum absolute atomic E-state index is 0.0967. The summed E-state index contributed by atoms with van der Waals surface area (Å²) in [5.41, 5.74) is 8.62. The molecule has 1 heterocycles. The van der Waals surface area contributed by atoms with Gasteiger partial charge in [0.2, 0.25) is 0 Å². The van der Waals surface area contributed by atoms with Crippen LogP contribution >= 0.6 is 11.6 Å². The van der Waals surface area contributed by atoms with Crippen LogP contribution in [0.15, 0.2) is 30.6 Å². The van der Waals surface area contributed by atoms with E-state index in [0.29, 0.717) is 11.5 Å². The predicted molar refractivity (Wildman–Crippen MR) is 74.7 cm³/mol. The molecule has 94 valence electrons. The number of hydrogen-bond donors (Lipinski definition) is 2. The van der Waals surface area contributed by atoms with Gasteiger partial charge < -0.3 is 11.1 Å².